The van der Waals surface area contributed by atoms with Gasteiger partial charge in [-0.2, -0.15) is 0 Å². The van der Waals surface area contributed by atoms with Crippen molar-refractivity contribution in [2.24, 2.45) is 0 Å². The Balaban J connectivity index is 2.04. The molecular weight excluding hydrogens is 274 g/mol. The van der Waals surface area contributed by atoms with Gasteiger partial charge in [-0.15, -0.1) is 0 Å². The molecule has 0 unspecified atom stereocenters. The van der Waals surface area contributed by atoms with Crippen molar-refractivity contribution in [3.05, 3.63) is 83.7 Å². The van der Waals surface area contributed by atoms with Crippen LogP contribution in [0.25, 0.3) is 11.1 Å². The zero-order valence-corrected chi connectivity index (χ0v) is 12.4. The van der Waals surface area contributed by atoms with Gasteiger partial charge in [0.2, 0.25) is 0 Å². The number of benzene rings is 2. The quantitative estimate of drug-likeness (QED) is 0.737. The van der Waals surface area contributed by atoms with E-state index in [1.165, 1.54) is 7.11 Å². The molecule has 0 saturated carbocycles. The Kier molecular flexibility index (Phi) is 4.05. The maximum absolute atomic E-state index is 12.2. The van der Waals surface area contributed by atoms with Gasteiger partial charge in [0.15, 0.2) is 0 Å². The van der Waals surface area contributed by atoms with E-state index in [0.717, 1.165) is 22.4 Å². The predicted octanol–water partition coefficient (Wildman–Crippen LogP) is 4.06. The fourth-order valence-electron chi connectivity index (χ4n) is 2.59. The summed E-state index contributed by atoms with van der Waals surface area (Å²) < 4.78 is 4.98. The molecule has 2 aromatic carbocycles. The first-order valence-corrected chi connectivity index (χ1v) is 7.17. The second-order valence-corrected chi connectivity index (χ2v) is 5.08. The Morgan fingerprint density at radius 1 is 1.00 bits per heavy atom. The molecule has 0 bridgehead atoms. The molecule has 0 saturated heterocycles. The van der Waals surface area contributed by atoms with Crippen LogP contribution in [0.4, 0.5) is 0 Å². The molecule has 3 nitrogen and oxygen atoms in total. The number of methoxy groups -OCH3 is 1. The van der Waals surface area contributed by atoms with Crippen LogP contribution in [0.3, 0.4) is 0 Å². The van der Waals surface area contributed by atoms with Crippen molar-refractivity contribution in [2.75, 3.05) is 7.11 Å². The van der Waals surface area contributed by atoms with E-state index in [2.05, 4.69) is 4.98 Å². The lowest BCUT2D eigenvalue weighted by molar-refractivity contribution is 0.0600. The van der Waals surface area contributed by atoms with E-state index in [9.17, 15) is 4.79 Å². The highest BCUT2D eigenvalue weighted by Gasteiger charge is 2.20. The number of rotatable bonds is 4. The number of nitrogens with one attached hydrogen (secondary N) is 1. The SMILES string of the molecule is COC(=O)c1c(-c2ccccc2)c[nH]c1Cc1ccccc1. The lowest BCUT2D eigenvalue weighted by Crippen LogP contribution is -2.06. The van der Waals surface area contributed by atoms with Gasteiger partial charge >= 0.3 is 5.97 Å². The van der Waals surface area contributed by atoms with Crippen LogP contribution >= 0.6 is 0 Å². The minimum absolute atomic E-state index is 0.314. The number of esters is 1. The maximum Gasteiger partial charge on any atom is 0.340 e. The molecule has 3 rings (SSSR count). The second kappa shape index (κ2) is 6.31. The number of ether oxygens (including phenoxy) is 1. The van der Waals surface area contributed by atoms with Crippen LogP contribution in [-0.2, 0) is 11.2 Å². The summed E-state index contributed by atoms with van der Waals surface area (Å²) in [5.74, 6) is -0.314. The summed E-state index contributed by atoms with van der Waals surface area (Å²) in [4.78, 5) is 15.5. The number of aromatic amines is 1. The zero-order valence-electron chi connectivity index (χ0n) is 12.4. The third-order valence-corrected chi connectivity index (χ3v) is 3.66. The van der Waals surface area contributed by atoms with E-state index < -0.39 is 0 Å². The molecule has 0 spiro atoms. The monoisotopic (exact) mass is 291 g/mol. The van der Waals surface area contributed by atoms with Crippen molar-refractivity contribution in [2.45, 2.75) is 6.42 Å². The van der Waals surface area contributed by atoms with E-state index in [4.69, 9.17) is 4.74 Å². The van der Waals surface area contributed by atoms with Crippen molar-refractivity contribution >= 4 is 5.97 Å². The topological polar surface area (TPSA) is 42.1 Å². The number of carbonyl (C=O) groups excluding carboxylic acids is 1. The predicted molar refractivity (Wildman–Crippen MR) is 86.8 cm³/mol. The number of carbonyl (C=O) groups is 1. The summed E-state index contributed by atoms with van der Waals surface area (Å²) >= 11 is 0. The van der Waals surface area contributed by atoms with Gasteiger partial charge in [0.1, 0.15) is 0 Å². The number of hydrogen-bond donors (Lipinski definition) is 1. The summed E-state index contributed by atoms with van der Waals surface area (Å²) in [6, 6.07) is 19.9. The maximum atomic E-state index is 12.2. The summed E-state index contributed by atoms with van der Waals surface area (Å²) in [7, 11) is 1.41. The molecule has 0 atom stereocenters. The average Bonchev–Trinajstić information content (AvgIpc) is 2.99. The van der Waals surface area contributed by atoms with Crippen LogP contribution in [0.5, 0.6) is 0 Å². The normalized spacial score (nSPS) is 10.4. The number of aromatic nitrogens is 1. The van der Waals surface area contributed by atoms with Crippen molar-refractivity contribution in [3.63, 3.8) is 0 Å². The van der Waals surface area contributed by atoms with Crippen molar-refractivity contribution in [1.29, 1.82) is 0 Å². The highest BCUT2D eigenvalue weighted by molar-refractivity contribution is 5.98. The highest BCUT2D eigenvalue weighted by Crippen LogP contribution is 2.28. The Labute approximate surface area is 129 Å². The fourth-order valence-corrected chi connectivity index (χ4v) is 2.59. The third kappa shape index (κ3) is 2.79. The fraction of sp³-hybridized carbons (Fsp3) is 0.105. The molecule has 0 radical (unpaired) electrons. The number of hydrogen-bond acceptors (Lipinski definition) is 2. The lowest BCUT2D eigenvalue weighted by atomic mass is 10.00. The highest BCUT2D eigenvalue weighted by atomic mass is 16.5. The van der Waals surface area contributed by atoms with E-state index in [0.29, 0.717) is 12.0 Å². The van der Waals surface area contributed by atoms with Gasteiger partial charge in [-0.05, 0) is 11.1 Å². The largest absolute Gasteiger partial charge is 0.465 e. The van der Waals surface area contributed by atoms with Crippen molar-refractivity contribution < 1.29 is 9.53 Å². The van der Waals surface area contributed by atoms with E-state index >= 15 is 0 Å². The molecule has 3 heteroatoms. The first kappa shape index (κ1) is 14.1. The zero-order chi connectivity index (χ0) is 15.4. The molecule has 0 aliphatic heterocycles. The second-order valence-electron chi connectivity index (χ2n) is 5.08. The Morgan fingerprint density at radius 2 is 1.64 bits per heavy atom. The molecule has 0 aliphatic rings. The molecule has 110 valence electrons. The molecule has 22 heavy (non-hydrogen) atoms. The standard InChI is InChI=1S/C19H17NO2/c1-22-19(21)18-16(15-10-6-3-7-11-15)13-20-17(18)12-14-8-4-2-5-9-14/h2-11,13,20H,12H2,1H3. The Morgan fingerprint density at radius 3 is 2.27 bits per heavy atom. The lowest BCUT2D eigenvalue weighted by Gasteiger charge is -2.06. The van der Waals surface area contributed by atoms with Crippen molar-refractivity contribution in [1.82, 2.24) is 4.98 Å². The minimum atomic E-state index is -0.314. The first-order chi connectivity index (χ1) is 10.8. The number of H-pyrrole nitrogens is 1. The third-order valence-electron chi connectivity index (χ3n) is 3.66. The molecule has 1 heterocycles. The summed E-state index contributed by atoms with van der Waals surface area (Å²) in [6.45, 7) is 0. The molecule has 1 aromatic heterocycles. The molecule has 0 aliphatic carbocycles. The van der Waals surface area contributed by atoms with Gasteiger partial charge in [0, 0.05) is 23.9 Å². The molecule has 3 aromatic rings. The van der Waals surface area contributed by atoms with Gasteiger partial charge in [-0.3, -0.25) is 0 Å². The van der Waals surface area contributed by atoms with Gasteiger partial charge < -0.3 is 9.72 Å². The van der Waals surface area contributed by atoms with Gasteiger partial charge in [-0.1, -0.05) is 60.7 Å². The van der Waals surface area contributed by atoms with Crippen LogP contribution < -0.4 is 0 Å². The average molecular weight is 291 g/mol. The molecule has 0 fully saturated rings. The van der Waals surface area contributed by atoms with Crippen molar-refractivity contribution in [3.8, 4) is 11.1 Å². The smallest absolute Gasteiger partial charge is 0.340 e. The molecule has 1 N–H and O–H groups in total. The summed E-state index contributed by atoms with van der Waals surface area (Å²) in [5.41, 5.74) is 4.50. The van der Waals surface area contributed by atoms with Crippen LogP contribution in [0.2, 0.25) is 0 Å². The van der Waals surface area contributed by atoms with Crippen LogP contribution in [0.1, 0.15) is 21.6 Å². The summed E-state index contributed by atoms with van der Waals surface area (Å²) in [5, 5.41) is 0. The van der Waals surface area contributed by atoms with E-state index in [1.807, 2.05) is 66.9 Å². The van der Waals surface area contributed by atoms with Crippen LogP contribution in [0.15, 0.2) is 66.9 Å². The van der Waals surface area contributed by atoms with E-state index in [-0.39, 0.29) is 5.97 Å². The Bertz CT molecular complexity index is 761. The Hall–Kier alpha value is -2.81. The van der Waals surface area contributed by atoms with Gasteiger partial charge in [-0.25, -0.2) is 4.79 Å². The van der Waals surface area contributed by atoms with Crippen LogP contribution in [0, 0.1) is 0 Å². The van der Waals surface area contributed by atoms with E-state index in [1.54, 1.807) is 0 Å². The first-order valence-electron chi connectivity index (χ1n) is 7.17. The van der Waals surface area contributed by atoms with Crippen LogP contribution in [-0.4, -0.2) is 18.1 Å². The van der Waals surface area contributed by atoms with Gasteiger partial charge in [0.25, 0.3) is 0 Å². The van der Waals surface area contributed by atoms with Gasteiger partial charge in [0.05, 0.1) is 12.7 Å². The summed E-state index contributed by atoms with van der Waals surface area (Å²) in [6.07, 6.45) is 2.54. The molecular formula is C19H17NO2. The minimum Gasteiger partial charge on any atom is -0.465 e. The molecule has 0 amide bonds.